The molecule has 0 aromatic heterocycles. The van der Waals surface area contributed by atoms with Crippen LogP contribution in [0.25, 0.3) is 0 Å². The zero-order valence-electron chi connectivity index (χ0n) is 30.7. The van der Waals surface area contributed by atoms with Crippen LogP contribution in [0.5, 0.6) is 0 Å². The maximum atomic E-state index is 14.2. The van der Waals surface area contributed by atoms with Crippen molar-refractivity contribution >= 4 is 37.1 Å². The van der Waals surface area contributed by atoms with E-state index in [-0.39, 0.29) is 30.9 Å². The van der Waals surface area contributed by atoms with Gasteiger partial charge in [0.2, 0.25) is 0 Å². The Morgan fingerprint density at radius 2 is 0.745 bits per heavy atom. The van der Waals surface area contributed by atoms with E-state index < -0.39 is 79.3 Å². The summed E-state index contributed by atoms with van der Waals surface area (Å²) in [6.07, 6.45) is -19.9. The molecule has 0 amide bonds. The molecular weight excluding hydrogens is 782 g/mol. The molecule has 0 aliphatic heterocycles. The zero-order valence-corrected chi connectivity index (χ0v) is 32.5. The van der Waals surface area contributed by atoms with Gasteiger partial charge in [0.05, 0.1) is 22.3 Å². The molecule has 0 heterocycles. The Morgan fingerprint density at radius 3 is 1.00 bits per heavy atom. The van der Waals surface area contributed by atoms with Crippen molar-refractivity contribution in [3.63, 3.8) is 0 Å². The molecule has 0 saturated heterocycles. The van der Waals surface area contributed by atoms with Gasteiger partial charge in [0, 0.05) is 0 Å². The minimum Gasteiger partial charge on any atom is -0.166 e. The van der Waals surface area contributed by atoms with Gasteiger partial charge in [0.25, 0.3) is 0 Å². The standard InChI is InChI=1S/C41H40F12P2/c1-7-8-24(2)11-29(22-54(34-12-25(3)9-26(4)13-34)35-14-27(5)10-28(6)15-35)23-55(36-18-30(38(42,43)44)16-31(19-36)39(45,46)47)37-20-32(40(48,49)50)17-33(21-37)41(51,52)53/h9-10,12-21,29H,2,7-8,11,22-23H2,1,3-6H3/t29-/m0/s1. The number of hydrogen-bond donors (Lipinski definition) is 0. The van der Waals surface area contributed by atoms with Gasteiger partial charge in [0.1, 0.15) is 0 Å². The zero-order chi connectivity index (χ0) is 41.3. The fourth-order valence-corrected chi connectivity index (χ4v) is 12.5. The van der Waals surface area contributed by atoms with Crippen LogP contribution in [0.15, 0.2) is 84.9 Å². The molecular formula is C41H40F12P2. The highest BCUT2D eigenvalue weighted by atomic mass is 31.1. The fourth-order valence-electron chi connectivity index (χ4n) is 6.69. The second-order valence-corrected chi connectivity index (χ2v) is 18.5. The van der Waals surface area contributed by atoms with E-state index in [0.717, 1.165) is 32.9 Å². The molecule has 0 spiro atoms. The molecule has 14 heteroatoms. The van der Waals surface area contributed by atoms with Crippen molar-refractivity contribution in [1.29, 1.82) is 0 Å². The summed E-state index contributed by atoms with van der Waals surface area (Å²) in [4.78, 5) is 0. The highest BCUT2D eigenvalue weighted by Gasteiger charge is 2.41. The molecule has 0 nitrogen and oxygen atoms in total. The maximum absolute atomic E-state index is 14.2. The molecule has 4 rings (SSSR count). The summed E-state index contributed by atoms with van der Waals surface area (Å²) in [7, 11) is -4.02. The summed E-state index contributed by atoms with van der Waals surface area (Å²) in [5.74, 6) is -0.634. The van der Waals surface area contributed by atoms with Crippen LogP contribution in [0.1, 0.15) is 70.7 Å². The lowest BCUT2D eigenvalue weighted by molar-refractivity contribution is -0.144. The van der Waals surface area contributed by atoms with Gasteiger partial charge < -0.3 is 0 Å². The van der Waals surface area contributed by atoms with Crippen molar-refractivity contribution in [2.45, 2.75) is 78.6 Å². The van der Waals surface area contributed by atoms with Crippen molar-refractivity contribution in [2.24, 2.45) is 5.92 Å². The van der Waals surface area contributed by atoms with Gasteiger partial charge in [-0.25, -0.2) is 0 Å². The van der Waals surface area contributed by atoms with E-state index in [1.165, 1.54) is 0 Å². The van der Waals surface area contributed by atoms with Crippen LogP contribution < -0.4 is 21.2 Å². The Hall–Kier alpha value is -3.36. The van der Waals surface area contributed by atoms with Gasteiger partial charge >= 0.3 is 24.7 Å². The summed E-state index contributed by atoms with van der Waals surface area (Å²) < 4.78 is 170. The number of aryl methyl sites for hydroxylation is 4. The SMILES string of the molecule is C=C(CCC)C[C@@H](CP(c1cc(C)cc(C)c1)c1cc(C)cc(C)c1)CP(c1cc(C(F)(F)F)cc(C(F)(F)F)c1)c1cc(C(F)(F)F)cc(C(F)(F)F)c1. The van der Waals surface area contributed by atoms with Crippen LogP contribution >= 0.6 is 15.8 Å². The minimum absolute atomic E-state index is 0.107. The summed E-state index contributed by atoms with van der Waals surface area (Å²) in [5.41, 5.74) is -2.42. The van der Waals surface area contributed by atoms with Gasteiger partial charge in [-0.15, -0.1) is 0 Å². The predicted molar refractivity (Wildman–Crippen MR) is 199 cm³/mol. The van der Waals surface area contributed by atoms with Crippen LogP contribution in [-0.4, -0.2) is 12.3 Å². The minimum atomic E-state index is -5.31. The van der Waals surface area contributed by atoms with E-state index >= 15 is 0 Å². The largest absolute Gasteiger partial charge is 0.416 e. The van der Waals surface area contributed by atoms with Gasteiger partial charge in [-0.05, 0) is 132 Å². The third-order valence-corrected chi connectivity index (χ3v) is 14.2. The van der Waals surface area contributed by atoms with E-state index in [1.807, 2.05) is 71.0 Å². The van der Waals surface area contributed by atoms with Gasteiger partial charge in [0.15, 0.2) is 0 Å². The van der Waals surface area contributed by atoms with E-state index in [4.69, 9.17) is 0 Å². The van der Waals surface area contributed by atoms with Crippen molar-refractivity contribution < 1.29 is 52.7 Å². The molecule has 0 saturated carbocycles. The average Bonchev–Trinajstić information content (AvgIpc) is 3.03. The third kappa shape index (κ3) is 12.1. The monoisotopic (exact) mass is 822 g/mol. The Kier molecular flexibility index (Phi) is 13.7. The van der Waals surface area contributed by atoms with E-state index in [1.54, 1.807) is 0 Å². The van der Waals surface area contributed by atoms with Crippen molar-refractivity contribution in [3.05, 3.63) is 129 Å². The molecule has 4 aromatic rings. The first-order valence-corrected chi connectivity index (χ1v) is 20.3. The Bertz CT molecular complexity index is 1760. The lowest BCUT2D eigenvalue weighted by Gasteiger charge is -2.31. The molecule has 298 valence electrons. The van der Waals surface area contributed by atoms with E-state index in [2.05, 4.69) is 6.58 Å². The molecule has 0 bridgehead atoms. The number of hydrogen-bond acceptors (Lipinski definition) is 0. The summed E-state index contributed by atoms with van der Waals surface area (Å²) >= 11 is 0. The van der Waals surface area contributed by atoms with Crippen LogP contribution in [0.4, 0.5) is 52.7 Å². The Morgan fingerprint density at radius 1 is 0.473 bits per heavy atom. The number of alkyl halides is 12. The Labute approximate surface area is 315 Å². The van der Waals surface area contributed by atoms with Crippen LogP contribution in [-0.2, 0) is 24.7 Å². The molecule has 0 unspecified atom stereocenters. The Balaban J connectivity index is 2.05. The van der Waals surface area contributed by atoms with Crippen LogP contribution in [0.2, 0.25) is 0 Å². The third-order valence-electron chi connectivity index (χ3n) is 8.87. The van der Waals surface area contributed by atoms with Crippen LogP contribution in [0, 0.1) is 33.6 Å². The van der Waals surface area contributed by atoms with E-state index in [0.29, 0.717) is 42.7 Å². The van der Waals surface area contributed by atoms with E-state index in [9.17, 15) is 52.7 Å². The highest BCUT2D eigenvalue weighted by Crippen LogP contribution is 2.48. The topological polar surface area (TPSA) is 0 Å². The molecule has 0 aliphatic carbocycles. The summed E-state index contributed by atoms with van der Waals surface area (Å²) in [6.45, 7) is 13.7. The van der Waals surface area contributed by atoms with Gasteiger partial charge in [-0.2, -0.15) is 52.7 Å². The lowest BCUT2D eigenvalue weighted by atomic mass is 10.0. The fraction of sp³-hybridized carbons (Fsp3) is 0.366. The molecule has 0 aliphatic rings. The van der Waals surface area contributed by atoms with Crippen LogP contribution in [0.3, 0.4) is 0 Å². The average molecular weight is 823 g/mol. The second-order valence-electron chi connectivity index (χ2n) is 14.0. The van der Waals surface area contributed by atoms with Crippen molar-refractivity contribution in [2.75, 3.05) is 12.3 Å². The number of benzene rings is 4. The molecule has 55 heavy (non-hydrogen) atoms. The quantitative estimate of drug-likeness (QED) is 0.0759. The lowest BCUT2D eigenvalue weighted by Crippen LogP contribution is -2.27. The molecule has 4 aromatic carbocycles. The van der Waals surface area contributed by atoms with Gasteiger partial charge in [-0.3, -0.25) is 0 Å². The number of rotatable bonds is 12. The first-order valence-electron chi connectivity index (χ1n) is 17.2. The predicted octanol–water partition coefficient (Wildman–Crippen LogP) is 12.9. The van der Waals surface area contributed by atoms with Crippen molar-refractivity contribution in [1.82, 2.24) is 0 Å². The first-order chi connectivity index (χ1) is 25.2. The number of allylic oxidation sites excluding steroid dienone is 1. The first kappa shape index (κ1) is 44.4. The maximum Gasteiger partial charge on any atom is 0.416 e. The summed E-state index contributed by atoms with van der Waals surface area (Å²) in [6, 6.07) is 13.4. The van der Waals surface area contributed by atoms with Crippen molar-refractivity contribution in [3.8, 4) is 0 Å². The van der Waals surface area contributed by atoms with Gasteiger partial charge in [-0.1, -0.05) is 84.1 Å². The highest BCUT2D eigenvalue weighted by molar-refractivity contribution is 7.74. The molecule has 0 N–H and O–H groups in total. The number of halogens is 12. The molecule has 0 radical (unpaired) electrons. The molecule has 0 fully saturated rings. The second kappa shape index (κ2) is 17.0. The molecule has 1 atom stereocenters. The normalized spacial score (nSPS) is 13.5. The summed E-state index contributed by atoms with van der Waals surface area (Å²) in [5, 5.41) is 0.560. The smallest absolute Gasteiger partial charge is 0.166 e.